The Hall–Kier alpha value is -1.58. The number of allylic oxidation sites excluding steroid dienone is 2. The van der Waals surface area contributed by atoms with Gasteiger partial charge in [0.15, 0.2) is 0 Å². The van der Waals surface area contributed by atoms with E-state index < -0.39 is 5.41 Å². The van der Waals surface area contributed by atoms with Gasteiger partial charge in [-0.1, -0.05) is 64.5 Å². The molecule has 0 aromatic rings. The lowest BCUT2D eigenvalue weighted by atomic mass is 9.80. The number of amides is 2. The minimum atomic E-state index is -1.01. The second kappa shape index (κ2) is 11.1. The van der Waals surface area contributed by atoms with Crippen LogP contribution in [-0.2, 0) is 9.59 Å². The van der Waals surface area contributed by atoms with Crippen molar-refractivity contribution in [2.75, 3.05) is 13.1 Å². The molecule has 2 amide bonds. The standard InChI is InChI=1S/C21H36N2O2/c1-5-9-11-13-17-22-19(24)21(15-7-3,16-8-4)20(25)23(22)18-14-12-10-6-2/h7-8H,3-6,9-18H2,1-2H3. The number of hydrogen-bond donors (Lipinski definition) is 0. The molecule has 25 heavy (non-hydrogen) atoms. The highest BCUT2D eigenvalue weighted by Crippen LogP contribution is 2.39. The third kappa shape index (κ3) is 5.20. The van der Waals surface area contributed by atoms with Crippen LogP contribution in [0.5, 0.6) is 0 Å². The lowest BCUT2D eigenvalue weighted by Crippen LogP contribution is -2.42. The van der Waals surface area contributed by atoms with Crippen molar-refractivity contribution >= 4 is 11.8 Å². The van der Waals surface area contributed by atoms with Crippen LogP contribution in [0.4, 0.5) is 0 Å². The molecular formula is C21H36N2O2. The highest BCUT2D eigenvalue weighted by Gasteiger charge is 2.56. The van der Waals surface area contributed by atoms with Crippen molar-refractivity contribution in [1.29, 1.82) is 0 Å². The number of nitrogens with zero attached hydrogens (tertiary/aromatic N) is 2. The Bertz CT molecular complexity index is 417. The van der Waals surface area contributed by atoms with Gasteiger partial charge >= 0.3 is 0 Å². The lowest BCUT2D eigenvalue weighted by Gasteiger charge is -2.27. The summed E-state index contributed by atoms with van der Waals surface area (Å²) < 4.78 is 0. The summed E-state index contributed by atoms with van der Waals surface area (Å²) in [5.74, 6) is -0.131. The van der Waals surface area contributed by atoms with E-state index in [0.717, 1.165) is 51.4 Å². The van der Waals surface area contributed by atoms with E-state index in [1.54, 1.807) is 22.2 Å². The summed E-state index contributed by atoms with van der Waals surface area (Å²) in [4.78, 5) is 26.3. The maximum atomic E-state index is 13.1. The zero-order valence-corrected chi connectivity index (χ0v) is 16.3. The van der Waals surface area contributed by atoms with Crippen LogP contribution in [0.2, 0.25) is 0 Å². The van der Waals surface area contributed by atoms with Gasteiger partial charge in [0, 0.05) is 13.1 Å². The molecule has 1 heterocycles. The van der Waals surface area contributed by atoms with Gasteiger partial charge in [-0.3, -0.25) is 19.6 Å². The number of hydrazine groups is 1. The van der Waals surface area contributed by atoms with E-state index in [9.17, 15) is 9.59 Å². The molecule has 0 saturated carbocycles. The van der Waals surface area contributed by atoms with Crippen LogP contribution >= 0.6 is 0 Å². The molecule has 4 heteroatoms. The van der Waals surface area contributed by atoms with Gasteiger partial charge < -0.3 is 0 Å². The van der Waals surface area contributed by atoms with Crippen LogP contribution in [0.25, 0.3) is 0 Å². The molecule has 4 nitrogen and oxygen atoms in total. The molecule has 0 aromatic carbocycles. The smallest absolute Gasteiger partial charge is 0.257 e. The minimum absolute atomic E-state index is 0.0655. The molecule has 0 aliphatic carbocycles. The van der Waals surface area contributed by atoms with Crippen molar-refractivity contribution in [2.45, 2.75) is 78.1 Å². The van der Waals surface area contributed by atoms with Crippen LogP contribution in [0, 0.1) is 5.41 Å². The highest BCUT2D eigenvalue weighted by atomic mass is 16.2. The fourth-order valence-electron chi connectivity index (χ4n) is 3.55. The predicted molar refractivity (Wildman–Crippen MR) is 104 cm³/mol. The van der Waals surface area contributed by atoms with E-state index in [4.69, 9.17) is 0 Å². The summed E-state index contributed by atoms with van der Waals surface area (Å²) >= 11 is 0. The van der Waals surface area contributed by atoms with Gasteiger partial charge in [0.05, 0.1) is 0 Å². The average Bonchev–Trinajstić information content (AvgIpc) is 2.78. The van der Waals surface area contributed by atoms with Gasteiger partial charge in [0.1, 0.15) is 5.41 Å². The predicted octanol–water partition coefficient (Wildman–Crippen LogP) is 4.87. The lowest BCUT2D eigenvalue weighted by molar-refractivity contribution is -0.147. The quantitative estimate of drug-likeness (QED) is 0.255. The first-order valence-corrected chi connectivity index (χ1v) is 9.94. The van der Waals surface area contributed by atoms with Gasteiger partial charge in [-0.25, -0.2) is 0 Å². The summed E-state index contributed by atoms with van der Waals surface area (Å²) in [6.45, 7) is 13.1. The maximum absolute atomic E-state index is 13.1. The molecule has 0 atom stereocenters. The molecule has 0 unspecified atom stereocenters. The zero-order valence-electron chi connectivity index (χ0n) is 16.3. The largest absolute Gasteiger partial charge is 0.272 e. The molecule has 1 aliphatic rings. The molecule has 1 rings (SSSR count). The Labute approximate surface area is 153 Å². The Morgan fingerprint density at radius 2 is 1.16 bits per heavy atom. The number of hydrogen-bond acceptors (Lipinski definition) is 2. The van der Waals surface area contributed by atoms with Gasteiger partial charge in [-0.15, -0.1) is 13.2 Å². The van der Waals surface area contributed by atoms with Crippen molar-refractivity contribution in [3.63, 3.8) is 0 Å². The molecule has 0 bridgehead atoms. The van der Waals surface area contributed by atoms with Gasteiger partial charge in [-0.2, -0.15) is 0 Å². The van der Waals surface area contributed by atoms with Crippen molar-refractivity contribution in [3.8, 4) is 0 Å². The SMILES string of the molecule is C=CCC1(CC=C)C(=O)N(CCCCCC)N(CCCCCC)C1=O. The summed E-state index contributed by atoms with van der Waals surface area (Å²) in [7, 11) is 0. The normalized spacial score (nSPS) is 16.6. The molecule has 1 saturated heterocycles. The minimum Gasteiger partial charge on any atom is -0.272 e. The van der Waals surface area contributed by atoms with Crippen molar-refractivity contribution < 1.29 is 9.59 Å². The van der Waals surface area contributed by atoms with Gasteiger partial charge in [0.25, 0.3) is 11.8 Å². The molecule has 0 spiro atoms. The van der Waals surface area contributed by atoms with Crippen LogP contribution in [0.3, 0.4) is 0 Å². The first kappa shape index (κ1) is 21.5. The Balaban J connectivity index is 2.92. The van der Waals surface area contributed by atoms with Crippen molar-refractivity contribution in [1.82, 2.24) is 10.0 Å². The second-order valence-electron chi connectivity index (χ2n) is 7.05. The van der Waals surface area contributed by atoms with E-state index in [-0.39, 0.29) is 11.8 Å². The number of unbranched alkanes of at least 4 members (excludes halogenated alkanes) is 6. The monoisotopic (exact) mass is 348 g/mol. The molecular weight excluding hydrogens is 312 g/mol. The molecule has 0 N–H and O–H groups in total. The van der Waals surface area contributed by atoms with Crippen molar-refractivity contribution in [3.05, 3.63) is 25.3 Å². The third-order valence-electron chi connectivity index (χ3n) is 5.01. The highest BCUT2D eigenvalue weighted by molar-refractivity contribution is 6.10. The average molecular weight is 349 g/mol. The molecule has 1 fully saturated rings. The van der Waals surface area contributed by atoms with E-state index in [1.807, 2.05) is 0 Å². The summed E-state index contributed by atoms with van der Waals surface area (Å²) in [6.07, 6.45) is 12.9. The second-order valence-corrected chi connectivity index (χ2v) is 7.05. The maximum Gasteiger partial charge on any atom is 0.257 e. The number of rotatable bonds is 14. The molecule has 142 valence electrons. The molecule has 0 radical (unpaired) electrons. The topological polar surface area (TPSA) is 40.6 Å². The summed E-state index contributed by atoms with van der Waals surface area (Å²) in [5.41, 5.74) is -1.01. The van der Waals surface area contributed by atoms with Crippen molar-refractivity contribution in [2.24, 2.45) is 5.41 Å². The van der Waals surface area contributed by atoms with Crippen LogP contribution in [0.15, 0.2) is 25.3 Å². The van der Waals surface area contributed by atoms with Crippen LogP contribution < -0.4 is 0 Å². The first-order valence-electron chi connectivity index (χ1n) is 9.94. The van der Waals surface area contributed by atoms with E-state index in [2.05, 4.69) is 27.0 Å². The first-order chi connectivity index (χ1) is 12.1. The Morgan fingerprint density at radius 3 is 1.48 bits per heavy atom. The van der Waals surface area contributed by atoms with Gasteiger partial charge in [0.2, 0.25) is 0 Å². The molecule has 1 aliphatic heterocycles. The fourth-order valence-corrected chi connectivity index (χ4v) is 3.55. The fraction of sp³-hybridized carbons (Fsp3) is 0.714. The summed E-state index contributed by atoms with van der Waals surface area (Å²) in [5, 5.41) is 3.44. The zero-order chi connectivity index (χ0) is 18.7. The van der Waals surface area contributed by atoms with E-state index in [1.165, 1.54) is 0 Å². The van der Waals surface area contributed by atoms with Crippen LogP contribution in [0.1, 0.15) is 78.1 Å². The van der Waals surface area contributed by atoms with Crippen LogP contribution in [-0.4, -0.2) is 34.9 Å². The number of carbonyl (C=O) groups excluding carboxylic acids is 2. The van der Waals surface area contributed by atoms with Gasteiger partial charge in [-0.05, 0) is 25.7 Å². The van der Waals surface area contributed by atoms with E-state index >= 15 is 0 Å². The third-order valence-corrected chi connectivity index (χ3v) is 5.01. The molecule has 0 aromatic heterocycles. The Morgan fingerprint density at radius 1 is 0.760 bits per heavy atom. The number of carbonyl (C=O) groups is 2. The Kier molecular flexibility index (Phi) is 9.54. The summed E-state index contributed by atoms with van der Waals surface area (Å²) in [6, 6.07) is 0. The van der Waals surface area contributed by atoms with E-state index in [0.29, 0.717) is 25.9 Å².